The van der Waals surface area contributed by atoms with E-state index in [0.29, 0.717) is 6.42 Å². The quantitative estimate of drug-likeness (QED) is 0.541. The second-order valence-corrected chi connectivity index (χ2v) is 8.81. The molecule has 1 aromatic rings. The van der Waals surface area contributed by atoms with Gasteiger partial charge in [-0.3, -0.25) is 4.79 Å². The maximum Gasteiger partial charge on any atom is 0.224 e. The van der Waals surface area contributed by atoms with E-state index in [1.165, 1.54) is 25.0 Å². The molecule has 25 heavy (non-hydrogen) atoms. The molecule has 0 aliphatic carbocycles. The van der Waals surface area contributed by atoms with E-state index < -0.39 is 25.3 Å². The number of unbranched alkanes of at least 4 members (excludes halogenated alkanes) is 5. The van der Waals surface area contributed by atoms with Crippen LogP contribution in [0.25, 0.3) is 0 Å². The highest BCUT2D eigenvalue weighted by atomic mass is 35.5. The van der Waals surface area contributed by atoms with Gasteiger partial charge in [-0.25, -0.2) is 8.42 Å². The van der Waals surface area contributed by atoms with E-state index in [9.17, 15) is 13.2 Å². The van der Waals surface area contributed by atoms with Crippen LogP contribution in [0.4, 0.5) is 0 Å². The lowest BCUT2D eigenvalue weighted by molar-refractivity contribution is -0.120. The van der Waals surface area contributed by atoms with Gasteiger partial charge in [-0.05, 0) is 25.5 Å². The Labute approximate surface area is 160 Å². The molecule has 1 aromatic carbocycles. The van der Waals surface area contributed by atoms with Gasteiger partial charge in [-0.1, -0.05) is 79.9 Å². The van der Waals surface area contributed by atoms with E-state index in [-0.39, 0.29) is 11.3 Å². The van der Waals surface area contributed by atoms with Gasteiger partial charge in [-0.2, -0.15) is 0 Å². The van der Waals surface area contributed by atoms with Crippen LogP contribution in [-0.4, -0.2) is 14.3 Å². The minimum atomic E-state index is -3.97. The molecule has 0 aromatic heterocycles. The van der Waals surface area contributed by atoms with Crippen LogP contribution < -0.4 is 5.32 Å². The van der Waals surface area contributed by atoms with Gasteiger partial charge >= 0.3 is 0 Å². The molecule has 0 unspecified atom stereocenters. The van der Waals surface area contributed by atoms with Crippen LogP contribution in [0.1, 0.15) is 57.4 Å². The predicted octanol–water partition coefficient (Wildman–Crippen LogP) is 5.24. The molecular formula is C18H25Cl2NO3S. The Morgan fingerprint density at radius 2 is 1.56 bits per heavy atom. The summed E-state index contributed by atoms with van der Waals surface area (Å²) in [5, 5.41) is 1.90. The van der Waals surface area contributed by atoms with Gasteiger partial charge in [0.2, 0.25) is 15.7 Å². The highest BCUT2D eigenvalue weighted by Gasteiger charge is 2.25. The minimum absolute atomic E-state index is 0.0340. The van der Waals surface area contributed by atoms with E-state index in [4.69, 9.17) is 23.2 Å². The second kappa shape index (κ2) is 10.8. The zero-order valence-corrected chi connectivity index (χ0v) is 17.0. The Morgan fingerprint density at radius 3 is 2.12 bits per heavy atom. The Hall–Kier alpha value is -1.04. The van der Waals surface area contributed by atoms with Crippen LogP contribution in [0, 0.1) is 6.92 Å². The topological polar surface area (TPSA) is 63.2 Å². The van der Waals surface area contributed by atoms with Crippen molar-refractivity contribution < 1.29 is 13.2 Å². The predicted molar refractivity (Wildman–Crippen MR) is 103 cm³/mol. The molecule has 0 aliphatic rings. The van der Waals surface area contributed by atoms with E-state index in [0.717, 1.165) is 24.8 Å². The lowest BCUT2D eigenvalue weighted by Gasteiger charge is -2.11. The monoisotopic (exact) mass is 405 g/mol. The van der Waals surface area contributed by atoms with Crippen molar-refractivity contribution in [1.29, 1.82) is 0 Å². The maximum absolute atomic E-state index is 12.6. The summed E-state index contributed by atoms with van der Waals surface area (Å²) in [5.74, 6) is -0.403. The van der Waals surface area contributed by atoms with Gasteiger partial charge < -0.3 is 5.32 Å². The lowest BCUT2D eigenvalue weighted by Crippen LogP contribution is -2.28. The van der Waals surface area contributed by atoms with Crippen LogP contribution in [0.15, 0.2) is 38.7 Å². The number of hydrogen-bond acceptors (Lipinski definition) is 3. The van der Waals surface area contributed by atoms with Gasteiger partial charge in [0.1, 0.15) is 4.49 Å². The summed E-state index contributed by atoms with van der Waals surface area (Å²) in [5.41, 5.74) is 0.925. The molecule has 0 heterocycles. The molecule has 1 amide bonds. The first-order valence-electron chi connectivity index (χ1n) is 8.46. The molecule has 0 saturated heterocycles. The van der Waals surface area contributed by atoms with Crippen molar-refractivity contribution in [3.05, 3.63) is 39.3 Å². The Bertz CT molecular complexity index is 694. The van der Waals surface area contributed by atoms with Gasteiger partial charge in [0.05, 0.1) is 4.90 Å². The molecular weight excluding hydrogens is 381 g/mol. The summed E-state index contributed by atoms with van der Waals surface area (Å²) in [7, 11) is -3.97. The molecule has 0 saturated carbocycles. The average molecular weight is 406 g/mol. The SMILES string of the molecule is CCCCCCCCC(=O)NC(=C(Cl)Cl)S(=O)(=O)c1ccc(C)cc1. The van der Waals surface area contributed by atoms with Crippen molar-refractivity contribution in [2.24, 2.45) is 0 Å². The third-order valence-corrected chi connectivity index (χ3v) is 6.12. The van der Waals surface area contributed by atoms with Crippen molar-refractivity contribution in [3.8, 4) is 0 Å². The first-order chi connectivity index (χ1) is 11.8. The van der Waals surface area contributed by atoms with E-state index in [2.05, 4.69) is 12.2 Å². The summed E-state index contributed by atoms with van der Waals surface area (Å²) >= 11 is 11.4. The number of nitrogens with one attached hydrogen (secondary N) is 1. The fourth-order valence-electron chi connectivity index (χ4n) is 2.31. The van der Waals surface area contributed by atoms with Crippen molar-refractivity contribution >= 4 is 38.9 Å². The minimum Gasteiger partial charge on any atom is -0.314 e. The van der Waals surface area contributed by atoms with Crippen molar-refractivity contribution in [3.63, 3.8) is 0 Å². The fraction of sp³-hybridized carbons (Fsp3) is 0.500. The normalized spacial score (nSPS) is 11.2. The van der Waals surface area contributed by atoms with Gasteiger partial charge in [-0.15, -0.1) is 0 Å². The molecule has 140 valence electrons. The van der Waals surface area contributed by atoms with Crippen LogP contribution in [0.2, 0.25) is 0 Å². The van der Waals surface area contributed by atoms with Crippen molar-refractivity contribution in [1.82, 2.24) is 5.32 Å². The van der Waals surface area contributed by atoms with Gasteiger partial charge in [0.25, 0.3) is 0 Å². The van der Waals surface area contributed by atoms with Crippen molar-refractivity contribution in [2.45, 2.75) is 63.7 Å². The average Bonchev–Trinajstić information content (AvgIpc) is 2.55. The van der Waals surface area contributed by atoms with Crippen molar-refractivity contribution in [2.75, 3.05) is 0 Å². The molecule has 0 bridgehead atoms. The molecule has 1 rings (SSSR count). The summed E-state index contributed by atoms with van der Waals surface area (Å²) in [4.78, 5) is 12.1. The summed E-state index contributed by atoms with van der Waals surface area (Å²) in [6.07, 6.45) is 6.45. The number of rotatable bonds is 10. The van der Waals surface area contributed by atoms with E-state index in [1.54, 1.807) is 12.1 Å². The molecule has 0 spiro atoms. The van der Waals surface area contributed by atoms with E-state index in [1.807, 2.05) is 6.92 Å². The molecule has 0 atom stereocenters. The Kier molecular flexibility index (Phi) is 9.54. The highest BCUT2D eigenvalue weighted by molar-refractivity contribution is 7.95. The third kappa shape index (κ3) is 7.38. The number of sulfone groups is 1. The lowest BCUT2D eigenvalue weighted by atomic mass is 10.1. The first kappa shape index (κ1) is 22.0. The van der Waals surface area contributed by atoms with Gasteiger partial charge in [0, 0.05) is 6.42 Å². The number of benzene rings is 1. The summed E-state index contributed by atoms with van der Waals surface area (Å²) in [6, 6.07) is 6.26. The van der Waals surface area contributed by atoms with Crippen LogP contribution in [-0.2, 0) is 14.6 Å². The zero-order chi connectivity index (χ0) is 18.9. The van der Waals surface area contributed by atoms with Crippen LogP contribution in [0.3, 0.4) is 0 Å². The Balaban J connectivity index is 2.70. The molecule has 0 fully saturated rings. The standard InChI is InChI=1S/C18H25Cl2NO3S/c1-3-4-5-6-7-8-9-16(22)21-18(17(19)20)25(23,24)15-12-10-14(2)11-13-15/h10-13H,3-9H2,1-2H3,(H,21,22). The number of halogens is 2. The second-order valence-electron chi connectivity index (χ2n) is 5.97. The van der Waals surface area contributed by atoms with E-state index >= 15 is 0 Å². The summed E-state index contributed by atoms with van der Waals surface area (Å²) in [6.45, 7) is 4.00. The zero-order valence-electron chi connectivity index (χ0n) is 14.6. The van der Waals surface area contributed by atoms with Gasteiger partial charge in [0.15, 0.2) is 5.03 Å². The first-order valence-corrected chi connectivity index (χ1v) is 10.7. The number of aryl methyl sites for hydroxylation is 1. The molecule has 4 nitrogen and oxygen atoms in total. The number of carbonyl (C=O) groups excluding carboxylic acids is 1. The maximum atomic E-state index is 12.6. The van der Waals surface area contributed by atoms with Crippen LogP contribution >= 0.6 is 23.2 Å². The smallest absolute Gasteiger partial charge is 0.224 e. The number of carbonyl (C=O) groups is 1. The molecule has 1 N–H and O–H groups in total. The molecule has 0 aliphatic heterocycles. The largest absolute Gasteiger partial charge is 0.314 e. The number of amides is 1. The molecule has 7 heteroatoms. The Morgan fingerprint density at radius 1 is 1.00 bits per heavy atom. The fourth-order valence-corrected chi connectivity index (χ4v) is 4.19. The highest BCUT2D eigenvalue weighted by Crippen LogP contribution is 2.24. The van der Waals surface area contributed by atoms with Crippen LogP contribution in [0.5, 0.6) is 0 Å². The molecule has 0 radical (unpaired) electrons. The number of hydrogen-bond donors (Lipinski definition) is 1. The summed E-state index contributed by atoms with van der Waals surface area (Å²) < 4.78 is 24.8. The third-order valence-electron chi connectivity index (χ3n) is 3.78.